The summed E-state index contributed by atoms with van der Waals surface area (Å²) in [5.74, 6) is -1.26. The first-order chi connectivity index (χ1) is 15.3. The van der Waals surface area contributed by atoms with Gasteiger partial charge in [0.25, 0.3) is 5.91 Å². The Labute approximate surface area is 185 Å². The molecule has 166 valence electrons. The maximum atomic E-state index is 12.8. The molecular formula is C25H25NO6. The van der Waals surface area contributed by atoms with Crippen LogP contribution < -0.4 is 15.7 Å². The number of carboxylic acids is 1. The minimum absolute atomic E-state index is 0.318. The lowest BCUT2D eigenvalue weighted by Crippen LogP contribution is -2.41. The first-order valence-electron chi connectivity index (χ1n) is 10.7. The standard InChI is InChI=1S/C25H25NO6/c1-14-12-19(21-17-10-6-7-11-18(17)25(30)32-20(21)13-14)31-15(2)23(27)26-22(24(28)29)16-8-4-3-5-9-16/h3-5,8-9,12-13,15,22H,6-7,10-11H2,1-2H3,(H,26,27)(H,28,29). The molecule has 2 unspecified atom stereocenters. The quantitative estimate of drug-likeness (QED) is 0.572. The van der Waals surface area contributed by atoms with Gasteiger partial charge >= 0.3 is 11.6 Å². The lowest BCUT2D eigenvalue weighted by Gasteiger charge is -2.22. The van der Waals surface area contributed by atoms with Crippen molar-refractivity contribution in [2.45, 2.75) is 51.7 Å². The van der Waals surface area contributed by atoms with Crippen molar-refractivity contribution in [1.82, 2.24) is 5.32 Å². The van der Waals surface area contributed by atoms with Gasteiger partial charge in [-0.2, -0.15) is 0 Å². The number of fused-ring (bicyclic) bond motifs is 3. The summed E-state index contributed by atoms with van der Waals surface area (Å²) in [6.07, 6.45) is 2.34. The number of carbonyl (C=O) groups excluding carboxylic acids is 1. The van der Waals surface area contributed by atoms with E-state index in [-0.39, 0.29) is 5.63 Å². The summed E-state index contributed by atoms with van der Waals surface area (Å²) in [4.78, 5) is 37.0. The molecule has 0 saturated heterocycles. The van der Waals surface area contributed by atoms with Crippen LogP contribution in [-0.2, 0) is 22.4 Å². The minimum Gasteiger partial charge on any atom is -0.480 e. The molecule has 0 fully saturated rings. The van der Waals surface area contributed by atoms with Crippen molar-refractivity contribution in [3.8, 4) is 5.75 Å². The van der Waals surface area contributed by atoms with Crippen LogP contribution in [0.2, 0.25) is 0 Å². The van der Waals surface area contributed by atoms with Crippen molar-refractivity contribution in [2.75, 3.05) is 0 Å². The normalized spacial score (nSPS) is 14.9. The summed E-state index contributed by atoms with van der Waals surface area (Å²) < 4.78 is 11.6. The van der Waals surface area contributed by atoms with Gasteiger partial charge in [-0.1, -0.05) is 30.3 Å². The van der Waals surface area contributed by atoms with E-state index in [0.29, 0.717) is 34.3 Å². The third-order valence-corrected chi connectivity index (χ3v) is 5.77. The molecule has 3 aromatic rings. The average molecular weight is 435 g/mol. The lowest BCUT2D eigenvalue weighted by atomic mass is 9.90. The molecule has 2 N–H and O–H groups in total. The molecule has 32 heavy (non-hydrogen) atoms. The van der Waals surface area contributed by atoms with Crippen LogP contribution in [0, 0.1) is 6.92 Å². The van der Waals surface area contributed by atoms with Crippen LogP contribution in [0.5, 0.6) is 5.75 Å². The van der Waals surface area contributed by atoms with Crippen LogP contribution in [0.1, 0.15) is 48.1 Å². The van der Waals surface area contributed by atoms with Crippen LogP contribution in [0.3, 0.4) is 0 Å². The summed E-state index contributed by atoms with van der Waals surface area (Å²) in [7, 11) is 0. The van der Waals surface area contributed by atoms with Crippen LogP contribution in [0.25, 0.3) is 11.0 Å². The van der Waals surface area contributed by atoms with Crippen LogP contribution in [-0.4, -0.2) is 23.1 Å². The lowest BCUT2D eigenvalue weighted by molar-refractivity contribution is -0.143. The molecule has 4 rings (SSSR count). The van der Waals surface area contributed by atoms with Crippen LogP contribution in [0.4, 0.5) is 0 Å². The highest BCUT2D eigenvalue weighted by Gasteiger charge is 2.27. The zero-order valence-electron chi connectivity index (χ0n) is 18.0. The van der Waals surface area contributed by atoms with E-state index < -0.39 is 24.0 Å². The zero-order chi connectivity index (χ0) is 22.8. The molecule has 1 aliphatic rings. The molecule has 0 radical (unpaired) electrons. The van der Waals surface area contributed by atoms with Crippen molar-refractivity contribution < 1.29 is 23.8 Å². The van der Waals surface area contributed by atoms with Crippen LogP contribution in [0.15, 0.2) is 51.7 Å². The van der Waals surface area contributed by atoms with Gasteiger partial charge in [0.05, 0.1) is 5.39 Å². The molecule has 2 aromatic carbocycles. The summed E-state index contributed by atoms with van der Waals surface area (Å²) in [6, 6.07) is 10.9. The second-order valence-corrected chi connectivity index (χ2v) is 8.14. The number of carboxylic acid groups (broad SMARTS) is 1. The monoisotopic (exact) mass is 435 g/mol. The van der Waals surface area contributed by atoms with E-state index in [0.717, 1.165) is 30.4 Å². The minimum atomic E-state index is -1.19. The number of amides is 1. The summed E-state index contributed by atoms with van der Waals surface area (Å²) in [5, 5.41) is 12.8. The predicted molar refractivity (Wildman–Crippen MR) is 119 cm³/mol. The third kappa shape index (κ3) is 4.23. The smallest absolute Gasteiger partial charge is 0.339 e. The SMILES string of the molecule is Cc1cc(OC(C)C(=O)NC(C(=O)O)c2ccccc2)c2c3c(c(=O)oc2c1)CCCC3. The van der Waals surface area contributed by atoms with Gasteiger partial charge in [0.1, 0.15) is 11.3 Å². The Hall–Kier alpha value is -3.61. The molecule has 0 aliphatic heterocycles. The number of carbonyl (C=O) groups is 2. The Morgan fingerprint density at radius 2 is 1.78 bits per heavy atom. The first-order valence-corrected chi connectivity index (χ1v) is 10.7. The molecule has 1 heterocycles. The van der Waals surface area contributed by atoms with E-state index in [9.17, 15) is 19.5 Å². The number of aliphatic carboxylic acids is 1. The zero-order valence-corrected chi connectivity index (χ0v) is 18.0. The van der Waals surface area contributed by atoms with Gasteiger partial charge in [-0.3, -0.25) is 4.79 Å². The fourth-order valence-corrected chi connectivity index (χ4v) is 4.20. The topological polar surface area (TPSA) is 106 Å². The molecule has 0 saturated carbocycles. The Kier molecular flexibility index (Phi) is 5.99. The Morgan fingerprint density at radius 3 is 2.47 bits per heavy atom. The van der Waals surface area contributed by atoms with Crippen LogP contribution >= 0.6 is 0 Å². The van der Waals surface area contributed by atoms with E-state index in [1.807, 2.05) is 13.0 Å². The highest BCUT2D eigenvalue weighted by atomic mass is 16.5. The van der Waals surface area contributed by atoms with Gasteiger partial charge in [0.2, 0.25) is 0 Å². The second-order valence-electron chi connectivity index (χ2n) is 8.14. The van der Waals surface area contributed by atoms with E-state index in [4.69, 9.17) is 9.15 Å². The van der Waals surface area contributed by atoms with Crippen molar-refractivity contribution >= 4 is 22.8 Å². The molecule has 7 heteroatoms. The highest BCUT2D eigenvalue weighted by Crippen LogP contribution is 2.35. The first kappa shape index (κ1) is 21.6. The van der Waals surface area contributed by atoms with E-state index in [1.54, 1.807) is 43.3 Å². The van der Waals surface area contributed by atoms with Gasteiger partial charge in [-0.25, -0.2) is 9.59 Å². The molecular weight excluding hydrogens is 410 g/mol. The number of hydrogen-bond donors (Lipinski definition) is 2. The molecule has 1 aliphatic carbocycles. The van der Waals surface area contributed by atoms with Gasteiger partial charge in [0.15, 0.2) is 12.1 Å². The predicted octanol–water partition coefficient (Wildman–Crippen LogP) is 3.69. The maximum absolute atomic E-state index is 12.8. The molecule has 1 aromatic heterocycles. The maximum Gasteiger partial charge on any atom is 0.339 e. The number of hydrogen-bond acceptors (Lipinski definition) is 5. The average Bonchev–Trinajstić information content (AvgIpc) is 2.77. The number of nitrogens with one attached hydrogen (secondary N) is 1. The number of ether oxygens (including phenoxy) is 1. The number of aryl methyl sites for hydroxylation is 2. The van der Waals surface area contributed by atoms with Crippen molar-refractivity contribution in [1.29, 1.82) is 0 Å². The largest absolute Gasteiger partial charge is 0.480 e. The van der Waals surface area contributed by atoms with Gasteiger partial charge in [-0.05, 0) is 68.4 Å². The highest BCUT2D eigenvalue weighted by molar-refractivity contribution is 5.90. The molecule has 7 nitrogen and oxygen atoms in total. The second kappa shape index (κ2) is 8.86. The van der Waals surface area contributed by atoms with E-state index in [1.165, 1.54) is 0 Å². The number of benzene rings is 2. The fraction of sp³-hybridized carbons (Fsp3) is 0.320. The van der Waals surface area contributed by atoms with Crippen molar-refractivity contribution in [3.63, 3.8) is 0 Å². The molecule has 1 amide bonds. The van der Waals surface area contributed by atoms with Gasteiger partial charge in [0, 0.05) is 5.56 Å². The Balaban J connectivity index is 1.65. The molecule has 2 atom stereocenters. The molecule has 0 spiro atoms. The van der Waals surface area contributed by atoms with E-state index in [2.05, 4.69) is 5.32 Å². The van der Waals surface area contributed by atoms with Crippen molar-refractivity contribution in [2.24, 2.45) is 0 Å². The summed E-state index contributed by atoms with van der Waals surface area (Å²) in [6.45, 7) is 3.42. The van der Waals surface area contributed by atoms with Gasteiger partial charge < -0.3 is 19.6 Å². The molecule has 0 bridgehead atoms. The number of rotatable bonds is 6. The Morgan fingerprint density at radius 1 is 1.09 bits per heavy atom. The van der Waals surface area contributed by atoms with Gasteiger partial charge in [-0.15, -0.1) is 0 Å². The van der Waals surface area contributed by atoms with Crippen molar-refractivity contribution in [3.05, 3.63) is 75.1 Å². The fourth-order valence-electron chi connectivity index (χ4n) is 4.20. The Bertz CT molecular complexity index is 1230. The summed E-state index contributed by atoms with van der Waals surface area (Å²) in [5.41, 5.74) is 3.00. The van der Waals surface area contributed by atoms with E-state index >= 15 is 0 Å². The third-order valence-electron chi connectivity index (χ3n) is 5.77. The summed E-state index contributed by atoms with van der Waals surface area (Å²) >= 11 is 0.